The molecule has 0 unspecified atom stereocenters. The van der Waals surface area contributed by atoms with E-state index in [1.54, 1.807) is 0 Å². The molecular formula is H4AsNO4Zn. The summed E-state index contributed by atoms with van der Waals surface area (Å²) >= 11 is -5.88. The molecular weight excluding hydrogens is 218 g/mol. The third-order valence-electron chi connectivity index (χ3n) is 0. The summed E-state index contributed by atoms with van der Waals surface area (Å²) in [5.74, 6) is 0. The Labute approximate surface area is 56.4 Å². The maximum Gasteiger partial charge on any atom is 2.00 e. The van der Waals surface area contributed by atoms with Crippen LogP contribution in [0.3, 0.4) is 0 Å². The summed E-state index contributed by atoms with van der Waals surface area (Å²) in [4.78, 5) is 0. The van der Waals surface area contributed by atoms with Gasteiger partial charge in [0.05, 0.1) is 0 Å². The van der Waals surface area contributed by atoms with Gasteiger partial charge in [-0.2, -0.15) is 0 Å². The molecule has 7 heavy (non-hydrogen) atoms. The van der Waals surface area contributed by atoms with E-state index in [1.165, 1.54) is 0 Å². The van der Waals surface area contributed by atoms with Gasteiger partial charge >= 0.3 is 50.0 Å². The molecule has 0 radical (unpaired) electrons. The number of hydrogen-bond acceptors (Lipinski definition) is 4. The van der Waals surface area contributed by atoms with Crippen LogP contribution in [0, 0.1) is 0 Å². The van der Waals surface area contributed by atoms with Crippen molar-refractivity contribution >= 4 is 14.5 Å². The zero-order valence-corrected chi connectivity index (χ0v) is 8.63. The van der Waals surface area contributed by atoms with Crippen LogP contribution in [0.5, 0.6) is 0 Å². The van der Waals surface area contributed by atoms with Crippen LogP contribution < -0.4 is 18.4 Å². The van der Waals surface area contributed by atoms with E-state index in [1.807, 2.05) is 0 Å². The van der Waals surface area contributed by atoms with Crippen LogP contribution in [-0.2, 0) is 23.2 Å². The van der Waals surface area contributed by atoms with Gasteiger partial charge in [-0.3, -0.25) is 0 Å². The van der Waals surface area contributed by atoms with Crippen molar-refractivity contribution in [2.24, 2.45) is 0 Å². The first-order chi connectivity index (χ1) is 2.00. The molecule has 0 saturated heterocycles. The summed E-state index contributed by atoms with van der Waals surface area (Å²) in [7, 11) is 0. The van der Waals surface area contributed by atoms with Gasteiger partial charge in [0.15, 0.2) is 0 Å². The fourth-order valence-electron chi connectivity index (χ4n) is 0. The smallest absolute Gasteiger partial charge is 0.369 e. The molecule has 0 bridgehead atoms. The molecule has 0 aliphatic rings. The second-order valence-electron chi connectivity index (χ2n) is 0.447. The Kier molecular flexibility index (Phi) is 11.1. The Bertz CT molecular complexity index is 57.8. The van der Waals surface area contributed by atoms with E-state index in [0.717, 1.165) is 0 Å². The Morgan fingerprint density at radius 3 is 1.14 bits per heavy atom. The monoisotopic (exact) mass is 221 g/mol. The van der Waals surface area contributed by atoms with Crippen LogP contribution in [0.1, 0.15) is 0 Å². The van der Waals surface area contributed by atoms with Crippen LogP contribution in [0.15, 0.2) is 0 Å². The van der Waals surface area contributed by atoms with Crippen LogP contribution >= 0.6 is 0 Å². The number of hydrogen-bond donors (Lipinski definition) is 1. The van der Waals surface area contributed by atoms with E-state index in [0.29, 0.717) is 0 Å². The average molecular weight is 222 g/mol. The fraction of sp³-hybridized carbons (Fsp3) is 0. The zero-order valence-electron chi connectivity index (χ0n) is 3.79. The van der Waals surface area contributed by atoms with E-state index in [2.05, 4.69) is 0 Å². The topological polar surface area (TPSA) is 123 Å². The Balaban J connectivity index is -0.0000000800. The maximum absolute atomic E-state index is 8.61. The van der Waals surface area contributed by atoms with Gasteiger partial charge in [-0.05, 0) is 0 Å². The summed E-state index contributed by atoms with van der Waals surface area (Å²) in [6.07, 6.45) is 0. The average Bonchev–Trinajstić information content (AvgIpc) is 0.722. The molecule has 0 aromatic heterocycles. The molecule has 4 N–H and O–H groups in total. The standard InChI is InChI=1S/AsH3O4.H3N.Zn/c2-1(3,4)5;;/h(H3,2,3,4,5);1H3;/q;;+2/p-2. The molecule has 0 heterocycles. The van der Waals surface area contributed by atoms with Crippen LogP contribution in [-0.4, -0.2) is 14.5 Å². The molecule has 0 saturated carbocycles. The molecule has 0 fully saturated rings. The van der Waals surface area contributed by atoms with Gasteiger partial charge < -0.3 is 6.15 Å². The Morgan fingerprint density at radius 1 is 1.14 bits per heavy atom. The summed E-state index contributed by atoms with van der Waals surface area (Å²) in [5, 5.41) is 0. The maximum atomic E-state index is 8.61. The van der Waals surface area contributed by atoms with E-state index in [9.17, 15) is 0 Å². The van der Waals surface area contributed by atoms with Crippen molar-refractivity contribution in [3.63, 3.8) is 0 Å². The summed E-state index contributed by atoms with van der Waals surface area (Å²) in [6, 6.07) is 0. The predicted octanol–water partition coefficient (Wildman–Crippen LogP) is -3.69. The SMILES string of the molecule is O=[As]([O-])([O-])[O-].[NH4+].[Zn+2]. The Morgan fingerprint density at radius 2 is 1.14 bits per heavy atom. The molecule has 0 aromatic rings. The van der Waals surface area contributed by atoms with Gasteiger partial charge in [0.25, 0.3) is 0 Å². The van der Waals surface area contributed by atoms with Crippen LogP contribution in [0.25, 0.3) is 0 Å². The van der Waals surface area contributed by atoms with Crippen molar-refractivity contribution < 1.29 is 35.5 Å². The minimum absolute atomic E-state index is 0. The molecule has 0 amide bonds. The first-order valence-electron chi connectivity index (χ1n) is 0.730. The third kappa shape index (κ3) is 235. The molecule has 0 spiro atoms. The summed E-state index contributed by atoms with van der Waals surface area (Å²) in [6.45, 7) is 0. The van der Waals surface area contributed by atoms with E-state index in [4.69, 9.17) is 16.0 Å². The van der Waals surface area contributed by atoms with Crippen molar-refractivity contribution in [2.45, 2.75) is 0 Å². The van der Waals surface area contributed by atoms with E-state index in [-0.39, 0.29) is 25.6 Å². The van der Waals surface area contributed by atoms with E-state index < -0.39 is 14.5 Å². The first-order valence-corrected chi connectivity index (χ1v) is 3.79. The summed E-state index contributed by atoms with van der Waals surface area (Å²) < 4.78 is 34.4. The van der Waals surface area contributed by atoms with E-state index >= 15 is 0 Å². The molecule has 0 aromatic carbocycles. The van der Waals surface area contributed by atoms with Crippen molar-refractivity contribution in [1.82, 2.24) is 6.15 Å². The molecule has 40 valence electrons. The van der Waals surface area contributed by atoms with Crippen molar-refractivity contribution in [2.75, 3.05) is 0 Å². The second kappa shape index (κ2) is 4.97. The van der Waals surface area contributed by atoms with Gasteiger partial charge in [0.2, 0.25) is 0 Å². The third-order valence-corrected chi connectivity index (χ3v) is 0. The minimum atomic E-state index is -5.88. The van der Waals surface area contributed by atoms with Gasteiger partial charge in [0.1, 0.15) is 0 Å². The van der Waals surface area contributed by atoms with Crippen molar-refractivity contribution in [3.05, 3.63) is 0 Å². The predicted molar refractivity (Wildman–Crippen MR) is 12.4 cm³/mol. The fourth-order valence-corrected chi connectivity index (χ4v) is 0. The normalized spacial score (nSPS) is 8.43. The zero-order chi connectivity index (χ0) is 4.50. The second-order valence-corrected chi connectivity index (χ2v) is 2.32. The molecule has 7 heteroatoms. The quantitative estimate of drug-likeness (QED) is 0.424. The van der Waals surface area contributed by atoms with Gasteiger partial charge in [-0.25, -0.2) is 0 Å². The minimum Gasteiger partial charge on any atom is -0.369 e. The van der Waals surface area contributed by atoms with Crippen LogP contribution in [0.2, 0.25) is 0 Å². The van der Waals surface area contributed by atoms with Crippen molar-refractivity contribution in [1.29, 1.82) is 0 Å². The first kappa shape index (κ1) is 15.7. The van der Waals surface area contributed by atoms with Crippen LogP contribution in [0.4, 0.5) is 0 Å². The van der Waals surface area contributed by atoms with Gasteiger partial charge in [0, 0.05) is 0 Å². The number of quaternary nitrogens is 1. The van der Waals surface area contributed by atoms with Gasteiger partial charge in [-0.1, -0.05) is 0 Å². The van der Waals surface area contributed by atoms with Crippen molar-refractivity contribution in [3.8, 4) is 0 Å². The summed E-state index contributed by atoms with van der Waals surface area (Å²) in [5.41, 5.74) is 0. The molecule has 5 nitrogen and oxygen atoms in total. The molecule has 0 rings (SSSR count). The Hall–Kier alpha value is 0.822. The molecule has 0 aliphatic heterocycles. The number of rotatable bonds is 0. The molecule has 0 aliphatic carbocycles. The largest absolute Gasteiger partial charge is 2.00 e. The molecule has 0 atom stereocenters. The van der Waals surface area contributed by atoms with Gasteiger partial charge in [-0.15, -0.1) is 0 Å².